The molecule has 0 unspecified atom stereocenters. The summed E-state index contributed by atoms with van der Waals surface area (Å²) in [6.45, 7) is 2.28. The van der Waals surface area contributed by atoms with E-state index < -0.39 is 17.8 Å². The molecule has 0 bridgehead atoms. The molecule has 32 heavy (non-hydrogen) atoms. The zero-order valence-electron chi connectivity index (χ0n) is 17.5. The summed E-state index contributed by atoms with van der Waals surface area (Å²) in [5.41, 5.74) is 6.59. The molecule has 10 heteroatoms. The zero-order valence-corrected chi connectivity index (χ0v) is 18.3. The van der Waals surface area contributed by atoms with Crippen LogP contribution in [0.5, 0.6) is 5.75 Å². The van der Waals surface area contributed by atoms with Crippen molar-refractivity contribution in [2.45, 2.75) is 19.9 Å². The van der Waals surface area contributed by atoms with E-state index in [1.165, 1.54) is 47.6 Å². The van der Waals surface area contributed by atoms with Crippen molar-refractivity contribution < 1.29 is 23.1 Å². The number of benzene rings is 2. The maximum Gasteiger partial charge on any atom is 0.336 e. The van der Waals surface area contributed by atoms with E-state index in [0.717, 1.165) is 5.56 Å². The quantitative estimate of drug-likeness (QED) is 0.524. The highest BCUT2D eigenvalue weighted by Gasteiger charge is 2.15. The van der Waals surface area contributed by atoms with Crippen molar-refractivity contribution in [2.24, 2.45) is 0 Å². The Labute approximate surface area is 188 Å². The molecule has 0 atom stereocenters. The predicted molar refractivity (Wildman–Crippen MR) is 117 cm³/mol. The van der Waals surface area contributed by atoms with Gasteiger partial charge in [0.15, 0.2) is 11.6 Å². The van der Waals surface area contributed by atoms with Gasteiger partial charge in [-0.25, -0.2) is 24.0 Å². The molecule has 1 aromatic heterocycles. The van der Waals surface area contributed by atoms with Gasteiger partial charge in [-0.1, -0.05) is 6.07 Å². The highest BCUT2D eigenvalue weighted by molar-refractivity contribution is 7.13. The SMILES string of the molecule is CCN(Cc1ccc(OC)c(F)c1)C(=O)NNC(=O)Cc1csc(-c2ccc(F)cc2)n1. The third kappa shape index (κ3) is 6.01. The lowest BCUT2D eigenvalue weighted by molar-refractivity contribution is -0.121. The highest BCUT2D eigenvalue weighted by Crippen LogP contribution is 2.24. The summed E-state index contributed by atoms with van der Waals surface area (Å²) in [5, 5.41) is 2.40. The Hall–Kier alpha value is -3.53. The summed E-state index contributed by atoms with van der Waals surface area (Å²) in [7, 11) is 1.38. The van der Waals surface area contributed by atoms with Crippen LogP contribution in [-0.2, 0) is 17.8 Å². The lowest BCUT2D eigenvalue weighted by Crippen LogP contribution is -2.49. The lowest BCUT2D eigenvalue weighted by atomic mass is 10.2. The smallest absolute Gasteiger partial charge is 0.336 e. The highest BCUT2D eigenvalue weighted by atomic mass is 32.1. The first-order valence-corrected chi connectivity index (χ1v) is 10.6. The van der Waals surface area contributed by atoms with Gasteiger partial charge >= 0.3 is 6.03 Å². The van der Waals surface area contributed by atoms with Gasteiger partial charge in [-0.15, -0.1) is 11.3 Å². The molecule has 7 nitrogen and oxygen atoms in total. The zero-order chi connectivity index (χ0) is 23.1. The van der Waals surface area contributed by atoms with Gasteiger partial charge in [0.05, 0.1) is 19.2 Å². The van der Waals surface area contributed by atoms with Gasteiger partial charge in [0.2, 0.25) is 5.91 Å². The molecule has 3 amide bonds. The largest absolute Gasteiger partial charge is 0.494 e. The van der Waals surface area contributed by atoms with Crippen LogP contribution in [0.15, 0.2) is 47.8 Å². The number of carbonyl (C=O) groups is 2. The van der Waals surface area contributed by atoms with E-state index in [4.69, 9.17) is 4.74 Å². The normalized spacial score (nSPS) is 10.5. The standard InChI is InChI=1S/C22H22F2N4O3S/c1-3-28(12-14-4-9-19(31-2)18(24)10-14)22(30)27-26-20(29)11-17-13-32-21(25-17)15-5-7-16(23)8-6-15/h4-10,13H,3,11-12H2,1-2H3,(H,26,29)(H,27,30). The molecule has 0 aliphatic heterocycles. The van der Waals surface area contributed by atoms with Gasteiger partial charge < -0.3 is 9.64 Å². The Morgan fingerprint density at radius 2 is 1.88 bits per heavy atom. The van der Waals surface area contributed by atoms with Crippen molar-refractivity contribution in [2.75, 3.05) is 13.7 Å². The molecule has 0 spiro atoms. The van der Waals surface area contributed by atoms with E-state index in [1.54, 1.807) is 30.5 Å². The van der Waals surface area contributed by atoms with Gasteiger partial charge in [0.25, 0.3) is 0 Å². The van der Waals surface area contributed by atoms with Crippen molar-refractivity contribution >= 4 is 23.3 Å². The molecule has 0 aliphatic rings. The number of hydrogen-bond acceptors (Lipinski definition) is 5. The van der Waals surface area contributed by atoms with Crippen LogP contribution in [0.25, 0.3) is 10.6 Å². The Morgan fingerprint density at radius 1 is 1.12 bits per heavy atom. The first kappa shape index (κ1) is 23.1. The fourth-order valence-electron chi connectivity index (χ4n) is 2.88. The lowest BCUT2D eigenvalue weighted by Gasteiger charge is -2.21. The number of methoxy groups -OCH3 is 1. The van der Waals surface area contributed by atoms with Gasteiger partial charge in [-0.3, -0.25) is 10.2 Å². The number of amides is 3. The second kappa shape index (κ2) is 10.7. The third-order valence-corrected chi connectivity index (χ3v) is 5.49. The average molecular weight is 461 g/mol. The third-order valence-electron chi connectivity index (χ3n) is 4.55. The minimum Gasteiger partial charge on any atom is -0.494 e. The Balaban J connectivity index is 1.51. The number of nitrogens with one attached hydrogen (secondary N) is 2. The molecule has 2 aromatic carbocycles. The second-order valence-corrected chi connectivity index (χ2v) is 7.65. The maximum absolute atomic E-state index is 13.9. The number of hydrazine groups is 1. The van der Waals surface area contributed by atoms with Gasteiger partial charge in [0, 0.05) is 24.0 Å². The molecule has 1 heterocycles. The van der Waals surface area contributed by atoms with E-state index in [0.29, 0.717) is 22.8 Å². The van der Waals surface area contributed by atoms with Crippen molar-refractivity contribution in [3.63, 3.8) is 0 Å². The summed E-state index contributed by atoms with van der Waals surface area (Å²) < 4.78 is 31.8. The first-order valence-electron chi connectivity index (χ1n) is 9.76. The van der Waals surface area contributed by atoms with Crippen LogP contribution < -0.4 is 15.6 Å². The number of urea groups is 1. The van der Waals surface area contributed by atoms with Gasteiger partial charge in [0.1, 0.15) is 10.8 Å². The summed E-state index contributed by atoms with van der Waals surface area (Å²) in [6, 6.07) is 9.86. The molecule has 0 fully saturated rings. The predicted octanol–water partition coefficient (Wildman–Crippen LogP) is 3.90. The number of aromatic nitrogens is 1. The molecule has 0 aliphatic carbocycles. The van der Waals surface area contributed by atoms with Crippen molar-refractivity contribution in [1.29, 1.82) is 0 Å². The number of rotatable bonds is 7. The fourth-order valence-corrected chi connectivity index (χ4v) is 3.71. The summed E-state index contributed by atoms with van der Waals surface area (Å²) in [6.07, 6.45) is -0.0339. The molecule has 3 aromatic rings. The number of thiazole rings is 1. The van der Waals surface area contributed by atoms with E-state index >= 15 is 0 Å². The number of ether oxygens (including phenoxy) is 1. The Bertz CT molecular complexity index is 1090. The topological polar surface area (TPSA) is 83.6 Å². The monoisotopic (exact) mass is 460 g/mol. The minimum absolute atomic E-state index is 0.0339. The van der Waals surface area contributed by atoms with Crippen LogP contribution in [0.3, 0.4) is 0 Å². The number of nitrogens with zero attached hydrogens (tertiary/aromatic N) is 2. The molecule has 168 valence electrons. The van der Waals surface area contributed by atoms with E-state index in [-0.39, 0.29) is 24.5 Å². The van der Waals surface area contributed by atoms with Crippen LogP contribution in [0, 0.1) is 11.6 Å². The Morgan fingerprint density at radius 3 is 2.53 bits per heavy atom. The molecule has 0 radical (unpaired) electrons. The molecule has 0 saturated heterocycles. The second-order valence-electron chi connectivity index (χ2n) is 6.79. The van der Waals surface area contributed by atoms with Crippen LogP contribution >= 0.6 is 11.3 Å². The van der Waals surface area contributed by atoms with Crippen molar-refractivity contribution in [3.8, 4) is 16.3 Å². The van der Waals surface area contributed by atoms with Crippen LogP contribution in [0.4, 0.5) is 13.6 Å². The molecule has 2 N–H and O–H groups in total. The minimum atomic E-state index is -0.526. The first-order chi connectivity index (χ1) is 15.4. The number of halogens is 2. The molecular formula is C22H22F2N4O3S. The summed E-state index contributed by atoms with van der Waals surface area (Å²) in [5.74, 6) is -1.17. The van der Waals surface area contributed by atoms with Gasteiger partial charge in [-0.2, -0.15) is 0 Å². The fraction of sp³-hybridized carbons (Fsp3) is 0.227. The average Bonchev–Trinajstić information content (AvgIpc) is 3.24. The van der Waals surface area contributed by atoms with Crippen LogP contribution in [0.1, 0.15) is 18.2 Å². The van der Waals surface area contributed by atoms with Crippen LogP contribution in [-0.4, -0.2) is 35.5 Å². The number of carbonyl (C=O) groups excluding carboxylic acids is 2. The van der Waals surface area contributed by atoms with Crippen LogP contribution in [0.2, 0.25) is 0 Å². The van der Waals surface area contributed by atoms with Crippen molar-refractivity contribution in [1.82, 2.24) is 20.7 Å². The Kier molecular flexibility index (Phi) is 7.72. The van der Waals surface area contributed by atoms with Gasteiger partial charge in [-0.05, 0) is 48.9 Å². The summed E-state index contributed by atoms with van der Waals surface area (Å²) in [4.78, 5) is 30.4. The summed E-state index contributed by atoms with van der Waals surface area (Å²) >= 11 is 1.34. The van der Waals surface area contributed by atoms with Crippen molar-refractivity contribution in [3.05, 3.63) is 70.7 Å². The number of hydrogen-bond donors (Lipinski definition) is 2. The molecule has 3 rings (SSSR count). The molecule has 0 saturated carbocycles. The van der Waals surface area contributed by atoms with E-state index in [1.807, 2.05) is 0 Å². The van der Waals surface area contributed by atoms with E-state index in [9.17, 15) is 18.4 Å². The maximum atomic E-state index is 13.9. The molecular weight excluding hydrogens is 438 g/mol. The van der Waals surface area contributed by atoms with E-state index in [2.05, 4.69) is 15.8 Å².